The van der Waals surface area contributed by atoms with Crippen molar-refractivity contribution >= 4 is 0 Å². The van der Waals surface area contributed by atoms with Gasteiger partial charge in [0.05, 0.1) is 6.54 Å². The first-order chi connectivity index (χ1) is 14.0. The summed E-state index contributed by atoms with van der Waals surface area (Å²) in [5, 5.41) is 0. The summed E-state index contributed by atoms with van der Waals surface area (Å²) >= 11 is 0. The van der Waals surface area contributed by atoms with Gasteiger partial charge in [-0.3, -0.25) is 9.36 Å². The predicted octanol–water partition coefficient (Wildman–Crippen LogP) is 4.24. The molecule has 2 heterocycles. The zero-order valence-corrected chi connectivity index (χ0v) is 17.4. The normalized spacial score (nSPS) is 15.1. The summed E-state index contributed by atoms with van der Waals surface area (Å²) in [6.07, 6.45) is 2.56. The van der Waals surface area contributed by atoms with Crippen molar-refractivity contribution in [1.29, 1.82) is 0 Å². The number of fused-ring (bicyclic) bond motifs is 1. The van der Waals surface area contributed by atoms with Crippen molar-refractivity contribution in [3.63, 3.8) is 0 Å². The lowest BCUT2D eigenvalue weighted by atomic mass is 9.92. The summed E-state index contributed by atoms with van der Waals surface area (Å²) in [7, 11) is 0. The number of benzene rings is 2. The smallest absolute Gasteiger partial charge is 0.300 e. The molecule has 1 aliphatic rings. The average molecular weight is 390 g/mol. The molecule has 0 fully saturated rings. The maximum Gasteiger partial charge on any atom is 0.300 e. The number of aryl methyl sites for hydroxylation is 3. The van der Waals surface area contributed by atoms with Crippen LogP contribution in [0.2, 0.25) is 0 Å². The Morgan fingerprint density at radius 2 is 1.97 bits per heavy atom. The van der Waals surface area contributed by atoms with Crippen LogP contribution in [0.5, 0.6) is 11.8 Å². The summed E-state index contributed by atoms with van der Waals surface area (Å²) in [4.78, 5) is 15.7. The van der Waals surface area contributed by atoms with Gasteiger partial charge in [0.25, 0.3) is 11.6 Å². The molecule has 0 aliphatic carbocycles. The van der Waals surface area contributed by atoms with Gasteiger partial charge in [0.2, 0.25) is 0 Å². The van der Waals surface area contributed by atoms with Gasteiger partial charge >= 0.3 is 0 Å². The Balaban J connectivity index is 1.49. The van der Waals surface area contributed by atoms with Crippen LogP contribution in [0.1, 0.15) is 29.2 Å². The van der Waals surface area contributed by atoms with Crippen molar-refractivity contribution in [3.8, 4) is 22.9 Å². The minimum absolute atomic E-state index is 0.160. The highest BCUT2D eigenvalue weighted by molar-refractivity contribution is 5.72. The summed E-state index contributed by atoms with van der Waals surface area (Å²) in [5.41, 5.74) is 6.77. The van der Waals surface area contributed by atoms with Crippen molar-refractivity contribution in [2.24, 2.45) is 0 Å². The molecule has 0 spiro atoms. The largest absolute Gasteiger partial charge is 0.490 e. The fourth-order valence-corrected chi connectivity index (χ4v) is 3.75. The average Bonchev–Trinajstić information content (AvgIpc) is 3.10. The first kappa shape index (κ1) is 19.2. The second kappa shape index (κ2) is 7.74. The van der Waals surface area contributed by atoms with Gasteiger partial charge in [0.15, 0.2) is 6.10 Å². The zero-order valence-electron chi connectivity index (χ0n) is 17.4. The molecule has 0 radical (unpaired) electrons. The van der Waals surface area contributed by atoms with E-state index in [0.29, 0.717) is 24.7 Å². The molecule has 1 aromatic heterocycles. The van der Waals surface area contributed by atoms with E-state index in [0.717, 1.165) is 12.2 Å². The molecule has 5 nitrogen and oxygen atoms in total. The maximum atomic E-state index is 11.7. The van der Waals surface area contributed by atoms with Crippen LogP contribution in [0.25, 0.3) is 11.1 Å². The number of nitrogens with zero attached hydrogens (tertiary/aromatic N) is 2. The van der Waals surface area contributed by atoms with Crippen molar-refractivity contribution in [3.05, 3.63) is 75.2 Å². The van der Waals surface area contributed by atoms with E-state index in [9.17, 15) is 4.79 Å². The number of rotatable bonds is 5. The molecule has 4 rings (SSSR count). The molecule has 29 heavy (non-hydrogen) atoms. The predicted molar refractivity (Wildman–Crippen MR) is 114 cm³/mol. The fraction of sp³-hybridized carbons (Fsp3) is 0.333. The van der Waals surface area contributed by atoms with Crippen molar-refractivity contribution < 1.29 is 9.47 Å². The lowest BCUT2D eigenvalue weighted by Gasteiger charge is -2.16. The molecule has 3 aromatic rings. The van der Waals surface area contributed by atoms with Gasteiger partial charge in [0.1, 0.15) is 12.4 Å². The van der Waals surface area contributed by atoms with E-state index in [1.54, 1.807) is 13.1 Å². The first-order valence-corrected chi connectivity index (χ1v) is 10.0. The number of hydrogen-bond acceptors (Lipinski definition) is 4. The van der Waals surface area contributed by atoms with E-state index in [2.05, 4.69) is 56.1 Å². The van der Waals surface area contributed by atoms with Gasteiger partial charge in [-0.15, -0.1) is 0 Å². The minimum Gasteiger partial charge on any atom is -0.490 e. The van der Waals surface area contributed by atoms with Crippen LogP contribution in [0.15, 0.2) is 47.4 Å². The number of hydrogen-bond donors (Lipinski definition) is 0. The molecule has 1 unspecified atom stereocenters. The SMILES string of the molecule is CCc1cc(OCC2Cn3cc(C)c(=O)nc3O2)ccc1-c1cccc(C)c1C. The summed E-state index contributed by atoms with van der Waals surface area (Å²) < 4.78 is 13.7. The third-order valence-electron chi connectivity index (χ3n) is 5.59. The minimum atomic E-state index is -0.243. The van der Waals surface area contributed by atoms with E-state index in [-0.39, 0.29) is 11.7 Å². The second-order valence-corrected chi connectivity index (χ2v) is 7.63. The molecule has 2 aromatic carbocycles. The van der Waals surface area contributed by atoms with E-state index in [1.165, 1.54) is 27.8 Å². The molecule has 1 aliphatic heterocycles. The molecule has 0 saturated carbocycles. The van der Waals surface area contributed by atoms with Gasteiger partial charge in [-0.25, -0.2) is 0 Å². The standard InChI is InChI=1S/C24H26N2O3/c1-5-18-11-19(9-10-22(18)21-8-6-7-15(2)17(21)4)28-14-20-13-26-12-16(3)23(27)25-24(26)29-20/h6-12,20H,5,13-14H2,1-4H3. The monoisotopic (exact) mass is 390 g/mol. The third kappa shape index (κ3) is 3.77. The molecule has 5 heteroatoms. The van der Waals surface area contributed by atoms with Crippen LogP contribution in [0.3, 0.4) is 0 Å². The second-order valence-electron chi connectivity index (χ2n) is 7.63. The Morgan fingerprint density at radius 3 is 2.76 bits per heavy atom. The van der Waals surface area contributed by atoms with E-state index >= 15 is 0 Å². The van der Waals surface area contributed by atoms with Crippen LogP contribution < -0.4 is 15.0 Å². The molecule has 1 atom stereocenters. The molecule has 150 valence electrons. The van der Waals surface area contributed by atoms with Gasteiger partial charge in [-0.2, -0.15) is 4.98 Å². The van der Waals surface area contributed by atoms with Crippen molar-refractivity contribution in [1.82, 2.24) is 9.55 Å². The first-order valence-electron chi connectivity index (χ1n) is 10.0. The van der Waals surface area contributed by atoms with Crippen molar-refractivity contribution in [2.45, 2.75) is 46.8 Å². The molecular weight excluding hydrogens is 364 g/mol. The molecule has 0 N–H and O–H groups in total. The lowest BCUT2D eigenvalue weighted by Crippen LogP contribution is -2.23. The van der Waals surface area contributed by atoms with Crippen LogP contribution in [-0.2, 0) is 13.0 Å². The lowest BCUT2D eigenvalue weighted by molar-refractivity contribution is 0.143. The highest BCUT2D eigenvalue weighted by atomic mass is 16.6. The topological polar surface area (TPSA) is 53.4 Å². The van der Waals surface area contributed by atoms with E-state index < -0.39 is 0 Å². The Hall–Kier alpha value is -3.08. The third-order valence-corrected chi connectivity index (χ3v) is 5.59. The highest BCUT2D eigenvalue weighted by Crippen LogP contribution is 2.31. The number of ether oxygens (including phenoxy) is 2. The van der Waals surface area contributed by atoms with E-state index in [1.807, 2.05) is 10.6 Å². The summed E-state index contributed by atoms with van der Waals surface area (Å²) in [6.45, 7) is 9.27. The summed E-state index contributed by atoms with van der Waals surface area (Å²) in [6, 6.07) is 13.1. The molecule has 0 amide bonds. The molecular formula is C24H26N2O3. The van der Waals surface area contributed by atoms with Crippen LogP contribution >= 0.6 is 0 Å². The maximum absolute atomic E-state index is 11.7. The van der Waals surface area contributed by atoms with Gasteiger partial charge < -0.3 is 9.47 Å². The Morgan fingerprint density at radius 1 is 1.14 bits per heavy atom. The van der Waals surface area contributed by atoms with Crippen LogP contribution in [-0.4, -0.2) is 22.3 Å². The van der Waals surface area contributed by atoms with E-state index in [4.69, 9.17) is 9.47 Å². The van der Waals surface area contributed by atoms with Gasteiger partial charge in [-0.1, -0.05) is 31.2 Å². The summed E-state index contributed by atoms with van der Waals surface area (Å²) in [5.74, 6) is 0.828. The van der Waals surface area contributed by atoms with Crippen molar-refractivity contribution in [2.75, 3.05) is 6.61 Å². The number of aromatic nitrogens is 2. The van der Waals surface area contributed by atoms with Crippen LogP contribution in [0, 0.1) is 20.8 Å². The Kier molecular flexibility index (Phi) is 5.14. The van der Waals surface area contributed by atoms with Gasteiger partial charge in [-0.05, 0) is 67.1 Å². The zero-order chi connectivity index (χ0) is 20.5. The van der Waals surface area contributed by atoms with Crippen LogP contribution in [0.4, 0.5) is 0 Å². The highest BCUT2D eigenvalue weighted by Gasteiger charge is 2.24. The Labute approximate surface area is 170 Å². The molecule has 0 saturated heterocycles. The Bertz CT molecular complexity index is 1120. The van der Waals surface area contributed by atoms with Gasteiger partial charge in [0, 0.05) is 11.8 Å². The fourth-order valence-electron chi connectivity index (χ4n) is 3.75. The quantitative estimate of drug-likeness (QED) is 0.654. The molecule has 0 bridgehead atoms.